The Labute approximate surface area is 148 Å². The zero-order valence-corrected chi connectivity index (χ0v) is 14.8. The molecule has 0 N–H and O–H groups in total. The summed E-state index contributed by atoms with van der Waals surface area (Å²) in [5.74, 6) is 1.51. The highest BCUT2D eigenvalue weighted by Gasteiger charge is 2.26. The lowest BCUT2D eigenvalue weighted by atomic mass is 9.97. The Hall–Kier alpha value is -2.75. The average Bonchev–Trinajstić information content (AvgIpc) is 2.81. The molecule has 0 spiro atoms. The molecule has 0 amide bonds. The molecule has 1 heterocycles. The van der Waals surface area contributed by atoms with Gasteiger partial charge in [0.2, 0.25) is 0 Å². The number of benzene rings is 2. The van der Waals surface area contributed by atoms with Crippen molar-refractivity contribution in [3.63, 3.8) is 0 Å². The van der Waals surface area contributed by atoms with Crippen LogP contribution < -0.4 is 14.2 Å². The second-order valence-corrected chi connectivity index (χ2v) is 5.90. The first-order valence-corrected chi connectivity index (χ1v) is 8.39. The van der Waals surface area contributed by atoms with E-state index in [0.717, 1.165) is 12.0 Å². The van der Waals surface area contributed by atoms with Crippen LogP contribution >= 0.6 is 0 Å². The number of carbonyl (C=O) groups excluding carboxylic acids is 1. The first-order chi connectivity index (χ1) is 12.2. The summed E-state index contributed by atoms with van der Waals surface area (Å²) >= 11 is 0. The van der Waals surface area contributed by atoms with Crippen LogP contribution in [0, 0.1) is 0 Å². The van der Waals surface area contributed by atoms with E-state index >= 15 is 0 Å². The number of ether oxygens (including phenoxy) is 3. The van der Waals surface area contributed by atoms with E-state index in [4.69, 9.17) is 14.2 Å². The van der Waals surface area contributed by atoms with Gasteiger partial charge in [0.15, 0.2) is 5.78 Å². The molecule has 0 aliphatic carbocycles. The van der Waals surface area contributed by atoms with Crippen molar-refractivity contribution in [1.29, 1.82) is 0 Å². The van der Waals surface area contributed by atoms with Gasteiger partial charge in [0.1, 0.15) is 22.8 Å². The molecule has 0 aromatic heterocycles. The molecule has 2 aromatic rings. The molecule has 1 aliphatic rings. The highest BCUT2D eigenvalue weighted by Crippen LogP contribution is 2.38. The van der Waals surface area contributed by atoms with Crippen molar-refractivity contribution in [2.24, 2.45) is 0 Å². The van der Waals surface area contributed by atoms with Crippen molar-refractivity contribution in [1.82, 2.24) is 0 Å². The molecule has 4 heteroatoms. The molecule has 4 nitrogen and oxygen atoms in total. The van der Waals surface area contributed by atoms with Crippen LogP contribution in [0.5, 0.6) is 17.2 Å². The fourth-order valence-corrected chi connectivity index (χ4v) is 2.92. The van der Waals surface area contributed by atoms with E-state index in [1.807, 2.05) is 18.2 Å². The Balaban J connectivity index is 2.02. The summed E-state index contributed by atoms with van der Waals surface area (Å²) in [5.41, 5.74) is 3.46. The molecule has 0 bridgehead atoms. The van der Waals surface area contributed by atoms with Crippen LogP contribution in [0.2, 0.25) is 0 Å². The normalized spacial score (nSPS) is 15.3. The topological polar surface area (TPSA) is 44.8 Å². The molecule has 0 unspecified atom stereocenters. The molecule has 0 saturated heterocycles. The van der Waals surface area contributed by atoms with Crippen molar-refractivity contribution < 1.29 is 19.0 Å². The number of hydrogen-bond acceptors (Lipinski definition) is 4. The molecule has 0 atom stereocenters. The van der Waals surface area contributed by atoms with Crippen LogP contribution in [0.15, 0.2) is 42.0 Å². The van der Waals surface area contributed by atoms with Gasteiger partial charge in [0.25, 0.3) is 0 Å². The number of methoxy groups -OCH3 is 2. The van der Waals surface area contributed by atoms with Crippen molar-refractivity contribution in [3.05, 3.63) is 58.7 Å². The molecule has 2 aromatic carbocycles. The average molecular weight is 338 g/mol. The predicted octanol–water partition coefficient (Wildman–Crippen LogP) is 4.32. The van der Waals surface area contributed by atoms with Gasteiger partial charge in [-0.3, -0.25) is 4.79 Å². The van der Waals surface area contributed by atoms with Gasteiger partial charge < -0.3 is 14.2 Å². The third-order valence-corrected chi connectivity index (χ3v) is 4.37. The van der Waals surface area contributed by atoms with Crippen molar-refractivity contribution >= 4 is 11.9 Å². The van der Waals surface area contributed by atoms with Crippen molar-refractivity contribution in [2.75, 3.05) is 20.8 Å². The summed E-state index contributed by atoms with van der Waals surface area (Å²) in [6, 6.07) is 11.7. The summed E-state index contributed by atoms with van der Waals surface area (Å²) in [6.45, 7) is 2.56. The van der Waals surface area contributed by atoms with E-state index < -0.39 is 0 Å². The van der Waals surface area contributed by atoms with E-state index in [9.17, 15) is 4.79 Å². The number of aryl methyl sites for hydroxylation is 1. The number of hydrogen-bond donors (Lipinski definition) is 0. The maximum atomic E-state index is 13.1. The fraction of sp³-hybridized carbons (Fsp3) is 0.286. The van der Waals surface area contributed by atoms with Gasteiger partial charge in [-0.1, -0.05) is 31.2 Å². The van der Waals surface area contributed by atoms with Crippen LogP contribution in [0.3, 0.4) is 0 Å². The van der Waals surface area contributed by atoms with Gasteiger partial charge in [-0.2, -0.15) is 0 Å². The zero-order chi connectivity index (χ0) is 17.8. The molecule has 1 aliphatic heterocycles. The predicted molar refractivity (Wildman–Crippen MR) is 97.8 cm³/mol. The van der Waals surface area contributed by atoms with E-state index in [1.54, 1.807) is 26.4 Å². The summed E-state index contributed by atoms with van der Waals surface area (Å²) in [7, 11) is 3.12. The van der Waals surface area contributed by atoms with Crippen LogP contribution in [-0.4, -0.2) is 26.6 Å². The molecular weight excluding hydrogens is 316 g/mol. The van der Waals surface area contributed by atoms with Gasteiger partial charge in [-0.05, 0) is 23.6 Å². The third-order valence-electron chi connectivity index (χ3n) is 4.37. The number of fused-ring (bicyclic) bond motifs is 1. The lowest BCUT2D eigenvalue weighted by Gasteiger charge is -2.12. The van der Waals surface area contributed by atoms with Crippen LogP contribution in [0.1, 0.15) is 34.8 Å². The highest BCUT2D eigenvalue weighted by atomic mass is 16.5. The number of rotatable bonds is 4. The lowest BCUT2D eigenvalue weighted by molar-refractivity contribution is 0.103. The largest absolute Gasteiger partial charge is 0.496 e. The van der Waals surface area contributed by atoms with E-state index in [2.05, 4.69) is 19.1 Å². The standard InChI is InChI=1S/C21H22O4/c1-4-14-5-7-15(8-6-14)11-16-9-10-25-19-13-17(23-2)12-18(24-3)20(19)21(16)22/h5-8,11-13H,4,9-10H2,1-3H3/b16-11+. The smallest absolute Gasteiger partial charge is 0.196 e. The van der Waals surface area contributed by atoms with Gasteiger partial charge in [-0.15, -0.1) is 0 Å². The number of ketones is 1. The minimum atomic E-state index is -0.0634. The monoisotopic (exact) mass is 338 g/mol. The van der Waals surface area contributed by atoms with Gasteiger partial charge in [-0.25, -0.2) is 0 Å². The molecule has 130 valence electrons. The Bertz CT molecular complexity index is 803. The Morgan fingerprint density at radius 3 is 2.52 bits per heavy atom. The lowest BCUT2D eigenvalue weighted by Crippen LogP contribution is -2.05. The molecule has 0 radical (unpaired) electrons. The summed E-state index contributed by atoms with van der Waals surface area (Å²) in [4.78, 5) is 13.1. The van der Waals surface area contributed by atoms with E-state index in [1.165, 1.54) is 5.56 Å². The molecular formula is C21H22O4. The Morgan fingerprint density at radius 1 is 1.12 bits per heavy atom. The minimum absolute atomic E-state index is 0.0634. The Kier molecular flexibility index (Phi) is 5.08. The van der Waals surface area contributed by atoms with Crippen LogP contribution in [0.4, 0.5) is 0 Å². The molecule has 0 fully saturated rings. The first-order valence-electron chi connectivity index (χ1n) is 8.39. The molecule has 25 heavy (non-hydrogen) atoms. The number of Topliss-reactive ketones (excluding diaryl/α,β-unsaturated/α-hetero) is 1. The molecule has 0 saturated carbocycles. The summed E-state index contributed by atoms with van der Waals surface area (Å²) in [5, 5.41) is 0. The SMILES string of the molecule is CCc1ccc(/C=C2\CCOc3cc(OC)cc(OC)c3C2=O)cc1. The van der Waals surface area contributed by atoms with Crippen molar-refractivity contribution in [2.45, 2.75) is 19.8 Å². The second-order valence-electron chi connectivity index (χ2n) is 5.90. The summed E-state index contributed by atoms with van der Waals surface area (Å²) < 4.78 is 16.4. The second kappa shape index (κ2) is 7.43. The van der Waals surface area contributed by atoms with Crippen LogP contribution in [-0.2, 0) is 6.42 Å². The maximum absolute atomic E-state index is 13.1. The summed E-state index contributed by atoms with van der Waals surface area (Å²) in [6.07, 6.45) is 3.48. The van der Waals surface area contributed by atoms with Gasteiger partial charge in [0.05, 0.1) is 20.8 Å². The Morgan fingerprint density at radius 2 is 1.88 bits per heavy atom. The maximum Gasteiger partial charge on any atom is 0.196 e. The van der Waals surface area contributed by atoms with Crippen molar-refractivity contribution in [3.8, 4) is 17.2 Å². The van der Waals surface area contributed by atoms with Crippen LogP contribution in [0.25, 0.3) is 6.08 Å². The fourth-order valence-electron chi connectivity index (χ4n) is 2.92. The van der Waals surface area contributed by atoms with E-state index in [0.29, 0.717) is 41.4 Å². The number of carbonyl (C=O) groups is 1. The minimum Gasteiger partial charge on any atom is -0.496 e. The third kappa shape index (κ3) is 3.53. The highest BCUT2D eigenvalue weighted by molar-refractivity contribution is 6.15. The quantitative estimate of drug-likeness (QED) is 0.779. The van der Waals surface area contributed by atoms with Gasteiger partial charge in [0, 0.05) is 24.1 Å². The van der Waals surface area contributed by atoms with E-state index in [-0.39, 0.29) is 5.78 Å². The molecule has 3 rings (SSSR count). The first kappa shape index (κ1) is 17.1. The van der Waals surface area contributed by atoms with Gasteiger partial charge >= 0.3 is 0 Å². The zero-order valence-electron chi connectivity index (χ0n) is 14.8.